The summed E-state index contributed by atoms with van der Waals surface area (Å²) < 4.78 is 4.91. The summed E-state index contributed by atoms with van der Waals surface area (Å²) in [5.74, 6) is -2.15. The van der Waals surface area contributed by atoms with Crippen LogP contribution in [0.5, 0.6) is 0 Å². The molecule has 0 aromatic carbocycles. The van der Waals surface area contributed by atoms with E-state index in [1.54, 1.807) is 0 Å². The Morgan fingerprint density at radius 3 is 2.85 bits per heavy atom. The van der Waals surface area contributed by atoms with Gasteiger partial charge in [-0.05, 0) is 11.6 Å². The molecule has 2 atom stereocenters. The van der Waals surface area contributed by atoms with E-state index < -0.39 is 34.8 Å². The molecule has 0 radical (unpaired) electrons. The van der Waals surface area contributed by atoms with E-state index in [1.165, 1.54) is 42.5 Å². The number of thiazole rings is 1. The number of allylic oxidation sites excluding steroid dienone is 1. The number of carbonyl (C=O) groups is 3. The molecule has 1 fully saturated rings. The number of nitrogens with one attached hydrogen (secondary N) is 2. The fraction of sp³-hybridized carbons (Fsp3) is 0.222. The Bertz CT molecular complexity index is 1270. The SMILES string of the molecule is CO/N=C(\C(=O)NC1C(=O)N2C(C(=O)O)=C(/C=C/c3cc(=O)[nH]o3)CSC12)c1csc(N)n1. The Balaban J connectivity index is 1.53. The summed E-state index contributed by atoms with van der Waals surface area (Å²) in [6.07, 6.45) is 2.89. The van der Waals surface area contributed by atoms with Gasteiger partial charge in [-0.25, -0.2) is 9.78 Å². The highest BCUT2D eigenvalue weighted by Gasteiger charge is 2.54. The van der Waals surface area contributed by atoms with Gasteiger partial charge in [0.1, 0.15) is 29.9 Å². The van der Waals surface area contributed by atoms with Crippen LogP contribution in [0.4, 0.5) is 5.13 Å². The van der Waals surface area contributed by atoms with Crippen molar-refractivity contribution in [3.8, 4) is 0 Å². The molecule has 4 heterocycles. The number of β-lactam (4-membered cyclic amide) rings is 1. The molecule has 0 spiro atoms. The minimum Gasteiger partial charge on any atom is -0.477 e. The van der Waals surface area contributed by atoms with Crippen molar-refractivity contribution < 1.29 is 28.9 Å². The van der Waals surface area contributed by atoms with E-state index in [0.717, 1.165) is 16.2 Å². The normalized spacial score (nSPS) is 20.6. The van der Waals surface area contributed by atoms with Crippen LogP contribution in [-0.4, -0.2) is 67.9 Å². The van der Waals surface area contributed by atoms with Crippen LogP contribution in [0, 0.1) is 0 Å². The van der Waals surface area contributed by atoms with E-state index in [-0.39, 0.29) is 33.7 Å². The number of H-pyrrole nitrogens is 1. The molecule has 4 rings (SSSR count). The number of aromatic amines is 1. The van der Waals surface area contributed by atoms with Crippen molar-refractivity contribution in [3.63, 3.8) is 0 Å². The number of anilines is 1. The molecule has 2 aliphatic heterocycles. The maximum absolute atomic E-state index is 12.8. The maximum atomic E-state index is 12.8. The highest BCUT2D eigenvalue weighted by atomic mass is 32.2. The molecule has 172 valence electrons. The second kappa shape index (κ2) is 8.95. The molecule has 5 N–H and O–H groups in total. The zero-order valence-electron chi connectivity index (χ0n) is 16.8. The molecule has 1 saturated heterocycles. The van der Waals surface area contributed by atoms with E-state index in [4.69, 9.17) is 15.1 Å². The van der Waals surface area contributed by atoms with Gasteiger partial charge in [0.05, 0.1) is 6.07 Å². The van der Waals surface area contributed by atoms with Crippen LogP contribution in [0.15, 0.2) is 43.3 Å². The predicted octanol–water partition coefficient (Wildman–Crippen LogP) is -0.191. The van der Waals surface area contributed by atoms with Gasteiger partial charge in [-0.15, -0.1) is 23.1 Å². The standard InChI is InChI=1S/C18H16N6O7S2/c1-30-23-11(9-6-33-18(19)20-9)14(26)21-12-15(27)24-13(17(28)29)7(5-32-16(12)24)2-3-8-4-10(25)22-31-8/h2-4,6,12,16H,5H2,1H3,(H2,19,20)(H,21,26)(H,22,25)(H,28,29)/b3-2+,23-11-. The molecule has 2 aromatic heterocycles. The van der Waals surface area contributed by atoms with E-state index in [0.29, 0.717) is 5.57 Å². The Hall–Kier alpha value is -3.85. The van der Waals surface area contributed by atoms with Crippen molar-refractivity contribution in [2.45, 2.75) is 11.4 Å². The fourth-order valence-electron chi connectivity index (χ4n) is 3.24. The minimum absolute atomic E-state index is 0.164. The van der Waals surface area contributed by atoms with Crippen molar-refractivity contribution >= 4 is 57.8 Å². The Morgan fingerprint density at radius 2 is 2.24 bits per heavy atom. The lowest BCUT2D eigenvalue weighted by Crippen LogP contribution is -2.71. The molecule has 0 bridgehead atoms. The summed E-state index contributed by atoms with van der Waals surface area (Å²) in [7, 11) is 1.26. The molecule has 2 aliphatic rings. The van der Waals surface area contributed by atoms with Crippen molar-refractivity contribution in [3.05, 3.63) is 50.6 Å². The smallest absolute Gasteiger partial charge is 0.352 e. The van der Waals surface area contributed by atoms with Crippen LogP contribution in [0.3, 0.4) is 0 Å². The molecule has 2 amide bonds. The lowest BCUT2D eigenvalue weighted by molar-refractivity contribution is -0.150. The maximum Gasteiger partial charge on any atom is 0.352 e. The Labute approximate surface area is 192 Å². The molecular weight excluding hydrogens is 476 g/mol. The molecule has 13 nitrogen and oxygen atoms in total. The van der Waals surface area contributed by atoms with Crippen molar-refractivity contribution in [2.24, 2.45) is 5.16 Å². The third-order valence-electron chi connectivity index (χ3n) is 4.64. The van der Waals surface area contributed by atoms with Crippen LogP contribution >= 0.6 is 23.1 Å². The third kappa shape index (κ3) is 4.27. The first-order chi connectivity index (χ1) is 15.8. The number of carbonyl (C=O) groups excluding carboxylic acids is 2. The first kappa shape index (κ1) is 22.3. The quantitative estimate of drug-likeness (QED) is 0.229. The van der Waals surface area contributed by atoms with E-state index in [2.05, 4.69) is 20.6 Å². The zero-order valence-corrected chi connectivity index (χ0v) is 18.4. The Kier molecular flexibility index (Phi) is 6.06. The van der Waals surface area contributed by atoms with E-state index in [9.17, 15) is 24.3 Å². The van der Waals surface area contributed by atoms with E-state index >= 15 is 0 Å². The highest BCUT2D eigenvalue weighted by Crippen LogP contribution is 2.40. The zero-order chi connectivity index (χ0) is 23.7. The third-order valence-corrected chi connectivity index (χ3v) is 6.62. The number of hydrogen-bond acceptors (Lipinski definition) is 11. The molecular formula is C18H16N6O7S2. The number of thioether (sulfide) groups is 1. The number of aliphatic carboxylic acids is 1. The number of aromatic nitrogens is 2. The number of carboxylic acids is 1. The van der Waals surface area contributed by atoms with Crippen LogP contribution in [0.25, 0.3) is 6.08 Å². The van der Waals surface area contributed by atoms with Crippen molar-refractivity contribution in [2.75, 3.05) is 18.6 Å². The minimum atomic E-state index is -1.30. The summed E-state index contributed by atoms with van der Waals surface area (Å²) in [6.45, 7) is 0. The molecule has 15 heteroatoms. The summed E-state index contributed by atoms with van der Waals surface area (Å²) in [6, 6.07) is 0.231. The second-order valence-corrected chi connectivity index (χ2v) is 8.68. The molecule has 2 aromatic rings. The number of oxime groups is 1. The first-order valence-electron chi connectivity index (χ1n) is 9.21. The van der Waals surface area contributed by atoms with Crippen LogP contribution in [0.2, 0.25) is 0 Å². The number of carboxylic acid groups (broad SMARTS) is 1. The van der Waals surface area contributed by atoms with Crippen molar-refractivity contribution in [1.29, 1.82) is 0 Å². The lowest BCUT2D eigenvalue weighted by Gasteiger charge is -2.49. The van der Waals surface area contributed by atoms with Crippen LogP contribution in [-0.2, 0) is 19.2 Å². The number of nitrogens with two attached hydrogens (primary N) is 1. The molecule has 0 saturated carbocycles. The number of nitrogens with zero attached hydrogens (tertiary/aromatic N) is 3. The van der Waals surface area contributed by atoms with Gasteiger partial charge in [0.15, 0.2) is 16.6 Å². The lowest BCUT2D eigenvalue weighted by atomic mass is 10.0. The largest absolute Gasteiger partial charge is 0.477 e. The number of nitrogen functional groups attached to an aromatic ring is 1. The molecule has 2 unspecified atom stereocenters. The van der Waals surface area contributed by atoms with Crippen molar-refractivity contribution in [1.82, 2.24) is 20.4 Å². The number of amides is 2. The van der Waals surface area contributed by atoms with Gasteiger partial charge < -0.3 is 25.5 Å². The number of fused-ring (bicyclic) bond motifs is 1. The monoisotopic (exact) mass is 492 g/mol. The molecule has 0 aliphatic carbocycles. The van der Waals surface area contributed by atoms with Gasteiger partial charge in [0.25, 0.3) is 17.4 Å². The first-order valence-corrected chi connectivity index (χ1v) is 11.1. The van der Waals surface area contributed by atoms with E-state index in [1.807, 2.05) is 0 Å². The average molecular weight is 492 g/mol. The fourth-order valence-corrected chi connectivity index (χ4v) is 5.10. The summed E-state index contributed by atoms with van der Waals surface area (Å²) >= 11 is 2.38. The summed E-state index contributed by atoms with van der Waals surface area (Å²) in [5, 5.41) is 19.2. The van der Waals surface area contributed by atoms with Crippen LogP contribution < -0.4 is 16.6 Å². The van der Waals surface area contributed by atoms with Gasteiger partial charge in [-0.3, -0.25) is 19.3 Å². The number of rotatable bonds is 7. The summed E-state index contributed by atoms with van der Waals surface area (Å²) in [5.41, 5.74) is 5.34. The van der Waals surface area contributed by atoms with Gasteiger partial charge in [0, 0.05) is 11.1 Å². The van der Waals surface area contributed by atoms with Gasteiger partial charge in [-0.1, -0.05) is 11.2 Å². The Morgan fingerprint density at radius 1 is 1.45 bits per heavy atom. The second-order valence-electron chi connectivity index (χ2n) is 6.68. The topological polar surface area (TPSA) is 193 Å². The van der Waals surface area contributed by atoms with Gasteiger partial charge in [-0.2, -0.15) is 5.16 Å². The predicted molar refractivity (Wildman–Crippen MR) is 118 cm³/mol. The van der Waals surface area contributed by atoms with Crippen LogP contribution in [0.1, 0.15) is 11.5 Å². The summed E-state index contributed by atoms with van der Waals surface area (Å²) in [4.78, 5) is 58.4. The number of hydrogen-bond donors (Lipinski definition) is 4. The highest BCUT2D eigenvalue weighted by molar-refractivity contribution is 8.00. The average Bonchev–Trinajstić information content (AvgIpc) is 3.40. The van der Waals surface area contributed by atoms with Gasteiger partial charge in [0.2, 0.25) is 0 Å². The molecule has 33 heavy (non-hydrogen) atoms. The van der Waals surface area contributed by atoms with Gasteiger partial charge >= 0.3 is 5.97 Å².